The molecule has 2 aromatic rings. The lowest BCUT2D eigenvalue weighted by atomic mass is 10.1. The molecule has 2 N–H and O–H groups in total. The van der Waals surface area contributed by atoms with Crippen LogP contribution in [0.3, 0.4) is 0 Å². The molecule has 19 heavy (non-hydrogen) atoms. The topological polar surface area (TPSA) is 26.0 Å². The molecule has 1 nitrogen and oxygen atoms in total. The van der Waals surface area contributed by atoms with Crippen molar-refractivity contribution in [3.63, 3.8) is 0 Å². The van der Waals surface area contributed by atoms with Gasteiger partial charge in [-0.25, -0.2) is 0 Å². The fourth-order valence-electron chi connectivity index (χ4n) is 1.94. The largest absolute Gasteiger partial charge is 0.330 e. The summed E-state index contributed by atoms with van der Waals surface area (Å²) in [6.07, 6.45) is 0.952. The summed E-state index contributed by atoms with van der Waals surface area (Å²) >= 11 is 7.73. The molecular formula is C16H18ClNS. The average molecular weight is 292 g/mol. The Labute approximate surface area is 124 Å². The first-order valence-corrected chi connectivity index (χ1v) is 7.72. The molecule has 0 aromatic heterocycles. The van der Waals surface area contributed by atoms with Crippen molar-refractivity contribution in [1.82, 2.24) is 0 Å². The number of aryl methyl sites for hydroxylation is 1. The lowest BCUT2D eigenvalue weighted by Gasteiger charge is -2.08. The lowest BCUT2D eigenvalue weighted by Crippen LogP contribution is -2.03. The zero-order chi connectivity index (χ0) is 13.7. The molecule has 0 bridgehead atoms. The molecule has 0 saturated heterocycles. The average Bonchev–Trinajstić information content (AvgIpc) is 2.41. The Morgan fingerprint density at radius 1 is 1.11 bits per heavy atom. The van der Waals surface area contributed by atoms with Crippen LogP contribution in [0.4, 0.5) is 0 Å². The van der Waals surface area contributed by atoms with Crippen LogP contribution in [0.1, 0.15) is 16.7 Å². The van der Waals surface area contributed by atoms with Crippen LogP contribution in [0, 0.1) is 6.92 Å². The van der Waals surface area contributed by atoms with Crippen LogP contribution < -0.4 is 5.73 Å². The second-order valence-corrected chi connectivity index (χ2v) is 6.03. The van der Waals surface area contributed by atoms with Crippen LogP contribution in [0.2, 0.25) is 5.02 Å². The summed E-state index contributed by atoms with van der Waals surface area (Å²) in [4.78, 5) is 1.30. The van der Waals surface area contributed by atoms with Crippen molar-refractivity contribution in [2.75, 3.05) is 6.54 Å². The summed E-state index contributed by atoms with van der Waals surface area (Å²) in [5.41, 5.74) is 9.56. The summed E-state index contributed by atoms with van der Waals surface area (Å²) in [6.45, 7) is 2.86. The highest BCUT2D eigenvalue weighted by atomic mass is 35.5. The Balaban J connectivity index is 1.99. The number of nitrogens with two attached hydrogens (primary N) is 1. The fraction of sp³-hybridized carbons (Fsp3) is 0.250. The summed E-state index contributed by atoms with van der Waals surface area (Å²) in [5.74, 6) is 0.965. The minimum Gasteiger partial charge on any atom is -0.330 e. The molecule has 0 fully saturated rings. The molecule has 2 rings (SSSR count). The van der Waals surface area contributed by atoms with Crippen molar-refractivity contribution < 1.29 is 0 Å². The van der Waals surface area contributed by atoms with E-state index >= 15 is 0 Å². The van der Waals surface area contributed by atoms with Crippen LogP contribution in [0.15, 0.2) is 47.4 Å². The molecular weight excluding hydrogens is 274 g/mol. The number of hydrogen-bond acceptors (Lipinski definition) is 2. The van der Waals surface area contributed by atoms with Gasteiger partial charge in [-0.2, -0.15) is 0 Å². The zero-order valence-electron chi connectivity index (χ0n) is 11.0. The van der Waals surface area contributed by atoms with Crippen LogP contribution in [0.5, 0.6) is 0 Å². The predicted molar refractivity (Wildman–Crippen MR) is 85.0 cm³/mol. The minimum atomic E-state index is 0.706. The number of benzene rings is 2. The predicted octanol–water partition coefficient (Wildman–Crippen LogP) is 4.44. The van der Waals surface area contributed by atoms with Gasteiger partial charge in [-0.05, 0) is 60.8 Å². The highest BCUT2D eigenvalue weighted by molar-refractivity contribution is 7.98. The molecule has 100 valence electrons. The maximum atomic E-state index is 5.88. The molecule has 3 heteroatoms. The van der Waals surface area contributed by atoms with Gasteiger partial charge in [-0.3, -0.25) is 0 Å². The number of hydrogen-bond donors (Lipinski definition) is 1. The van der Waals surface area contributed by atoms with Crippen LogP contribution in [0.25, 0.3) is 0 Å². The van der Waals surface area contributed by atoms with E-state index < -0.39 is 0 Å². The van der Waals surface area contributed by atoms with E-state index in [0.717, 1.165) is 17.2 Å². The van der Waals surface area contributed by atoms with Crippen LogP contribution in [-0.4, -0.2) is 6.54 Å². The summed E-state index contributed by atoms with van der Waals surface area (Å²) in [6, 6.07) is 14.6. The van der Waals surface area contributed by atoms with Gasteiger partial charge in [0.2, 0.25) is 0 Å². The van der Waals surface area contributed by atoms with Gasteiger partial charge in [-0.15, -0.1) is 11.8 Å². The van der Waals surface area contributed by atoms with Gasteiger partial charge in [0.15, 0.2) is 0 Å². The molecule has 0 unspecified atom stereocenters. The maximum absolute atomic E-state index is 5.88. The molecule has 0 aliphatic carbocycles. The quantitative estimate of drug-likeness (QED) is 0.824. The van der Waals surface area contributed by atoms with Gasteiger partial charge < -0.3 is 5.73 Å². The van der Waals surface area contributed by atoms with E-state index in [2.05, 4.69) is 37.3 Å². The molecule has 0 heterocycles. The van der Waals surface area contributed by atoms with E-state index in [4.69, 9.17) is 17.3 Å². The second kappa shape index (κ2) is 6.99. The number of thioether (sulfide) groups is 1. The van der Waals surface area contributed by atoms with Crippen molar-refractivity contribution in [3.05, 3.63) is 64.2 Å². The molecule has 0 aliphatic rings. The molecule has 0 amide bonds. The van der Waals surface area contributed by atoms with Gasteiger partial charge in [0, 0.05) is 15.7 Å². The zero-order valence-corrected chi connectivity index (χ0v) is 12.6. The minimum absolute atomic E-state index is 0.706. The third-order valence-corrected chi connectivity index (χ3v) is 4.36. The number of rotatable bonds is 5. The van der Waals surface area contributed by atoms with Crippen molar-refractivity contribution in [3.8, 4) is 0 Å². The van der Waals surface area contributed by atoms with Gasteiger partial charge in [0.05, 0.1) is 0 Å². The van der Waals surface area contributed by atoms with Gasteiger partial charge in [0.1, 0.15) is 0 Å². The molecule has 0 radical (unpaired) electrons. The Bertz CT molecular complexity index is 537. The maximum Gasteiger partial charge on any atom is 0.0406 e. The molecule has 0 saturated carbocycles. The van der Waals surface area contributed by atoms with Gasteiger partial charge in [-0.1, -0.05) is 29.8 Å². The summed E-state index contributed by atoms with van der Waals surface area (Å²) in [7, 11) is 0. The Morgan fingerprint density at radius 3 is 2.47 bits per heavy atom. The smallest absolute Gasteiger partial charge is 0.0406 e. The second-order valence-electron chi connectivity index (χ2n) is 4.54. The van der Waals surface area contributed by atoms with Crippen molar-refractivity contribution >= 4 is 23.4 Å². The molecule has 0 atom stereocenters. The van der Waals surface area contributed by atoms with Gasteiger partial charge >= 0.3 is 0 Å². The first-order valence-electron chi connectivity index (χ1n) is 6.36. The van der Waals surface area contributed by atoms with Crippen LogP contribution >= 0.6 is 23.4 Å². The third kappa shape index (κ3) is 4.27. The Kier molecular flexibility index (Phi) is 5.32. The highest BCUT2D eigenvalue weighted by Crippen LogP contribution is 2.25. The fourth-order valence-corrected chi connectivity index (χ4v) is 3.02. The molecule has 2 aromatic carbocycles. The van der Waals surface area contributed by atoms with E-state index in [-0.39, 0.29) is 0 Å². The van der Waals surface area contributed by atoms with E-state index in [1.54, 1.807) is 0 Å². The standard InChI is InChI=1S/C16H18ClNS/c1-12-10-16(7-4-14(12)8-9-18)19-11-13-2-5-15(17)6-3-13/h2-7,10H,8-9,11,18H2,1H3. The molecule has 0 spiro atoms. The first kappa shape index (κ1) is 14.4. The Hall–Kier alpha value is -0.960. The van der Waals surface area contributed by atoms with E-state index in [9.17, 15) is 0 Å². The SMILES string of the molecule is Cc1cc(SCc2ccc(Cl)cc2)ccc1CCN. The highest BCUT2D eigenvalue weighted by Gasteiger charge is 2.01. The van der Waals surface area contributed by atoms with E-state index in [1.807, 2.05) is 23.9 Å². The van der Waals surface area contributed by atoms with E-state index in [0.29, 0.717) is 6.54 Å². The normalized spacial score (nSPS) is 10.7. The summed E-state index contributed by atoms with van der Waals surface area (Å²) in [5, 5.41) is 0.788. The lowest BCUT2D eigenvalue weighted by molar-refractivity contribution is 0.954. The first-order chi connectivity index (χ1) is 9.19. The third-order valence-electron chi connectivity index (χ3n) is 3.05. The van der Waals surface area contributed by atoms with Crippen molar-refractivity contribution in [1.29, 1.82) is 0 Å². The van der Waals surface area contributed by atoms with Gasteiger partial charge in [0.25, 0.3) is 0 Å². The van der Waals surface area contributed by atoms with Crippen molar-refractivity contribution in [2.24, 2.45) is 5.73 Å². The van der Waals surface area contributed by atoms with E-state index in [1.165, 1.54) is 21.6 Å². The molecule has 0 aliphatic heterocycles. The Morgan fingerprint density at radius 2 is 1.84 bits per heavy atom. The van der Waals surface area contributed by atoms with Crippen molar-refractivity contribution in [2.45, 2.75) is 24.0 Å². The monoisotopic (exact) mass is 291 g/mol. The van der Waals surface area contributed by atoms with Crippen LogP contribution in [-0.2, 0) is 12.2 Å². The number of halogens is 1. The summed E-state index contributed by atoms with van der Waals surface area (Å²) < 4.78 is 0.